The molecule has 0 N–H and O–H groups in total. The number of hydrogen-bond donors (Lipinski definition) is 0. The van der Waals surface area contributed by atoms with Crippen LogP contribution in [0, 0.1) is 0 Å². The lowest BCUT2D eigenvalue weighted by Crippen LogP contribution is -2.33. The van der Waals surface area contributed by atoms with E-state index in [2.05, 4.69) is 10.00 Å². The van der Waals surface area contributed by atoms with Crippen LogP contribution in [0.3, 0.4) is 0 Å². The van der Waals surface area contributed by atoms with Gasteiger partial charge < -0.3 is 4.74 Å². The van der Waals surface area contributed by atoms with Crippen molar-refractivity contribution in [2.24, 2.45) is 0 Å². The van der Waals surface area contributed by atoms with Gasteiger partial charge >= 0.3 is 0 Å². The Morgan fingerprint density at radius 2 is 2.53 bits per heavy atom. The minimum atomic E-state index is 0.747. The van der Waals surface area contributed by atoms with Crippen molar-refractivity contribution in [1.29, 1.82) is 0 Å². The van der Waals surface area contributed by atoms with Crippen LogP contribution in [0.15, 0.2) is 6.20 Å². The van der Waals surface area contributed by atoms with Crippen LogP contribution in [0.2, 0.25) is 0 Å². The second-order valence-electron chi connectivity index (χ2n) is 3.69. The van der Waals surface area contributed by atoms with Gasteiger partial charge in [-0.25, -0.2) is 4.68 Å². The van der Waals surface area contributed by atoms with Gasteiger partial charge in [-0.15, -0.1) is 0 Å². The molecule has 0 amide bonds. The highest BCUT2D eigenvalue weighted by Gasteiger charge is 2.19. The molecule has 1 aromatic heterocycles. The van der Waals surface area contributed by atoms with E-state index in [4.69, 9.17) is 4.74 Å². The summed E-state index contributed by atoms with van der Waals surface area (Å²) in [5.74, 6) is 0. The summed E-state index contributed by atoms with van der Waals surface area (Å²) in [6.45, 7) is 3.52. The maximum atomic E-state index is 10.7. The Kier molecular flexibility index (Phi) is 3.13. The Balaban J connectivity index is 2.04. The van der Waals surface area contributed by atoms with Crippen LogP contribution >= 0.6 is 0 Å². The molecular weight excluding hydrogens is 194 g/mol. The van der Waals surface area contributed by atoms with Crippen LogP contribution in [-0.2, 0) is 22.5 Å². The minimum Gasteiger partial charge on any atom is -0.383 e. The van der Waals surface area contributed by atoms with E-state index in [9.17, 15) is 4.79 Å². The second-order valence-corrected chi connectivity index (χ2v) is 3.69. The highest BCUT2D eigenvalue weighted by molar-refractivity contribution is 5.53. The van der Waals surface area contributed by atoms with Gasteiger partial charge in [-0.1, -0.05) is 0 Å². The number of fused-ring (bicyclic) bond motifs is 1. The third-order valence-electron chi connectivity index (χ3n) is 2.76. The number of hydrogen-bond acceptors (Lipinski definition) is 4. The van der Waals surface area contributed by atoms with Gasteiger partial charge in [0.1, 0.15) is 0 Å². The third kappa shape index (κ3) is 2.08. The van der Waals surface area contributed by atoms with Crippen LogP contribution < -0.4 is 0 Å². The van der Waals surface area contributed by atoms with Crippen molar-refractivity contribution in [3.63, 3.8) is 0 Å². The van der Waals surface area contributed by atoms with Gasteiger partial charge in [0.25, 0.3) is 0 Å². The fourth-order valence-corrected chi connectivity index (χ4v) is 1.92. The fourth-order valence-electron chi connectivity index (χ4n) is 1.92. The lowest BCUT2D eigenvalue weighted by molar-refractivity contribution is 0.140. The minimum absolute atomic E-state index is 0.747. The largest absolute Gasteiger partial charge is 0.383 e. The van der Waals surface area contributed by atoms with Crippen LogP contribution in [0.1, 0.15) is 11.3 Å². The highest BCUT2D eigenvalue weighted by Crippen LogP contribution is 2.17. The number of methoxy groups -OCH3 is 1. The molecule has 0 saturated heterocycles. The maximum absolute atomic E-state index is 10.7. The van der Waals surface area contributed by atoms with E-state index in [1.807, 2.05) is 0 Å². The average Bonchev–Trinajstić information content (AvgIpc) is 2.68. The first-order valence-corrected chi connectivity index (χ1v) is 5.07. The molecule has 0 spiro atoms. The molecule has 2 heterocycles. The summed E-state index contributed by atoms with van der Waals surface area (Å²) in [6.07, 6.45) is 3.43. The topological polar surface area (TPSA) is 47.4 Å². The molecule has 1 aliphatic heterocycles. The molecule has 0 atom stereocenters. The van der Waals surface area contributed by atoms with Crippen molar-refractivity contribution in [1.82, 2.24) is 14.7 Å². The van der Waals surface area contributed by atoms with Gasteiger partial charge in [0.05, 0.1) is 18.5 Å². The summed E-state index contributed by atoms with van der Waals surface area (Å²) in [6, 6.07) is 0. The van der Waals surface area contributed by atoms with Gasteiger partial charge in [-0.05, 0) is 0 Å². The van der Waals surface area contributed by atoms with Gasteiger partial charge in [0.15, 0.2) is 0 Å². The van der Waals surface area contributed by atoms with E-state index in [1.54, 1.807) is 13.3 Å². The van der Waals surface area contributed by atoms with E-state index in [-0.39, 0.29) is 0 Å². The lowest BCUT2D eigenvalue weighted by Gasteiger charge is -2.26. The first kappa shape index (κ1) is 10.3. The molecule has 82 valence electrons. The first-order valence-electron chi connectivity index (χ1n) is 5.07. The molecule has 5 heteroatoms. The van der Waals surface area contributed by atoms with Gasteiger partial charge in [-0.3, -0.25) is 9.69 Å². The number of carbonyl (C=O) groups is 1. The number of aromatic nitrogens is 2. The Labute approximate surface area is 88.6 Å². The van der Waals surface area contributed by atoms with Crippen molar-refractivity contribution in [3.8, 4) is 0 Å². The number of carbonyl (C=O) groups excluding carboxylic acids is 1. The predicted molar refractivity (Wildman–Crippen MR) is 55.2 cm³/mol. The summed E-state index contributed by atoms with van der Waals surface area (Å²) in [5, 5.41) is 4.02. The lowest BCUT2D eigenvalue weighted by atomic mass is 10.1. The Hall–Kier alpha value is -1.20. The zero-order chi connectivity index (χ0) is 10.7. The van der Waals surface area contributed by atoms with Gasteiger partial charge in [-0.2, -0.15) is 5.10 Å². The van der Waals surface area contributed by atoms with E-state index < -0.39 is 0 Å². The second kappa shape index (κ2) is 4.55. The van der Waals surface area contributed by atoms with Crippen molar-refractivity contribution >= 4 is 6.41 Å². The summed E-state index contributed by atoms with van der Waals surface area (Å²) in [7, 11) is 1.71. The summed E-state index contributed by atoms with van der Waals surface area (Å²) in [4.78, 5) is 13.0. The molecule has 1 aromatic rings. The summed E-state index contributed by atoms with van der Waals surface area (Å²) >= 11 is 0. The Morgan fingerprint density at radius 3 is 3.27 bits per heavy atom. The van der Waals surface area contributed by atoms with Gasteiger partial charge in [0, 0.05) is 38.7 Å². The molecule has 0 radical (unpaired) electrons. The predicted octanol–water partition coefficient (Wildman–Crippen LogP) is -0.0741. The monoisotopic (exact) mass is 209 g/mol. The molecule has 0 bridgehead atoms. The molecule has 15 heavy (non-hydrogen) atoms. The summed E-state index contributed by atoms with van der Waals surface area (Å²) < 4.78 is 6.47. The van der Waals surface area contributed by atoms with Crippen molar-refractivity contribution in [2.45, 2.75) is 13.0 Å². The SMILES string of the molecule is COCCN1CCc2c(cnn2C=O)C1. The quantitative estimate of drug-likeness (QED) is 0.651. The number of ether oxygens (including phenoxy) is 1. The highest BCUT2D eigenvalue weighted by atomic mass is 16.5. The normalized spacial score (nSPS) is 16.3. The van der Waals surface area contributed by atoms with E-state index >= 15 is 0 Å². The fraction of sp³-hybridized carbons (Fsp3) is 0.600. The third-order valence-corrected chi connectivity index (χ3v) is 2.76. The maximum Gasteiger partial charge on any atom is 0.234 e. The molecule has 0 unspecified atom stereocenters. The average molecular weight is 209 g/mol. The molecule has 5 nitrogen and oxygen atoms in total. The summed E-state index contributed by atoms with van der Waals surface area (Å²) in [5.41, 5.74) is 2.21. The zero-order valence-corrected chi connectivity index (χ0v) is 8.85. The number of rotatable bonds is 4. The number of nitrogens with zero attached hydrogens (tertiary/aromatic N) is 3. The molecule has 0 aromatic carbocycles. The Bertz CT molecular complexity index is 348. The molecule has 0 fully saturated rings. The van der Waals surface area contributed by atoms with Crippen LogP contribution in [-0.4, -0.2) is 47.9 Å². The molecule has 0 saturated carbocycles. The molecule has 0 aliphatic carbocycles. The van der Waals surface area contributed by atoms with Crippen LogP contribution in [0.25, 0.3) is 0 Å². The van der Waals surface area contributed by atoms with E-state index in [1.165, 1.54) is 4.68 Å². The molecule has 2 rings (SSSR count). The zero-order valence-electron chi connectivity index (χ0n) is 8.85. The van der Waals surface area contributed by atoms with Crippen molar-refractivity contribution in [2.75, 3.05) is 26.8 Å². The van der Waals surface area contributed by atoms with E-state index in [0.717, 1.165) is 50.3 Å². The van der Waals surface area contributed by atoms with Crippen LogP contribution in [0.4, 0.5) is 0 Å². The smallest absolute Gasteiger partial charge is 0.234 e. The van der Waals surface area contributed by atoms with Crippen LogP contribution in [0.5, 0.6) is 0 Å². The molecule has 1 aliphatic rings. The van der Waals surface area contributed by atoms with E-state index in [0.29, 0.717) is 0 Å². The van der Waals surface area contributed by atoms with Crippen molar-refractivity contribution < 1.29 is 9.53 Å². The van der Waals surface area contributed by atoms with Gasteiger partial charge in [0.2, 0.25) is 6.41 Å². The first-order chi connectivity index (χ1) is 7.35. The Morgan fingerprint density at radius 1 is 1.67 bits per heavy atom. The standard InChI is InChI=1S/C10H15N3O2/c1-15-5-4-12-3-2-10-9(7-12)6-11-13(10)8-14/h6,8H,2-5,7H2,1H3. The van der Waals surface area contributed by atoms with Crippen molar-refractivity contribution in [3.05, 3.63) is 17.5 Å². The molecular formula is C10H15N3O2.